The van der Waals surface area contributed by atoms with Crippen molar-refractivity contribution >= 4 is 44.9 Å². The van der Waals surface area contributed by atoms with Crippen LogP contribution in [0.1, 0.15) is 5.56 Å². The molecule has 6 heteroatoms. The maximum Gasteiger partial charge on any atom is 0.235 e. The largest absolute Gasteiger partial charge is 0.489 e. The van der Waals surface area contributed by atoms with Crippen LogP contribution in [0.15, 0.2) is 94.3 Å². The summed E-state index contributed by atoms with van der Waals surface area (Å²) in [6, 6.07) is 23.9. The van der Waals surface area contributed by atoms with Gasteiger partial charge in [-0.25, -0.2) is 0 Å². The summed E-state index contributed by atoms with van der Waals surface area (Å²) in [6.45, 7) is 0.192. The predicted molar refractivity (Wildman–Crippen MR) is 127 cm³/mol. The van der Waals surface area contributed by atoms with Crippen molar-refractivity contribution in [3.63, 3.8) is 0 Å². The van der Waals surface area contributed by atoms with Crippen LogP contribution in [-0.2, 0) is 6.61 Å². The van der Waals surface area contributed by atoms with Gasteiger partial charge in [-0.2, -0.15) is 0 Å². The zero-order valence-electron chi connectivity index (χ0n) is 16.7. The Hall–Kier alpha value is -3.47. The Kier molecular flexibility index (Phi) is 5.48. The molecule has 32 heavy (non-hydrogen) atoms. The molecular formula is C26H16Cl2O4. The zero-order chi connectivity index (χ0) is 22.1. The van der Waals surface area contributed by atoms with Gasteiger partial charge in [-0.3, -0.25) is 4.79 Å². The van der Waals surface area contributed by atoms with Crippen molar-refractivity contribution in [3.8, 4) is 17.2 Å². The molecule has 5 aromatic rings. The Morgan fingerprint density at radius 2 is 1.53 bits per heavy atom. The third kappa shape index (κ3) is 4.03. The minimum Gasteiger partial charge on any atom is -0.489 e. The van der Waals surface area contributed by atoms with E-state index in [9.17, 15) is 4.79 Å². The summed E-state index contributed by atoms with van der Waals surface area (Å²) >= 11 is 12.4. The average Bonchev–Trinajstić information content (AvgIpc) is 2.80. The van der Waals surface area contributed by atoms with Gasteiger partial charge in [-0.1, -0.05) is 59.6 Å². The molecule has 0 saturated carbocycles. The number of benzene rings is 4. The Bertz CT molecular complexity index is 1490. The van der Waals surface area contributed by atoms with Gasteiger partial charge in [0.25, 0.3) is 0 Å². The molecule has 0 aliphatic heterocycles. The maximum atomic E-state index is 12.9. The molecule has 0 radical (unpaired) electrons. The standard InChI is InChI=1S/C26H16Cl2O4/c27-22-6-3-7-23(28)21(22)14-30-18-10-11-20-24(13-18)31-15-25(26(20)29)32-19-9-8-16-4-1-2-5-17(16)12-19/h1-13,15H,14H2. The normalized spacial score (nSPS) is 11.1. The molecule has 0 aliphatic rings. The molecule has 158 valence electrons. The van der Waals surface area contributed by atoms with Gasteiger partial charge in [0.1, 0.15) is 30.0 Å². The van der Waals surface area contributed by atoms with E-state index >= 15 is 0 Å². The first kappa shape index (κ1) is 20.4. The highest BCUT2D eigenvalue weighted by Gasteiger charge is 2.12. The average molecular weight is 463 g/mol. The van der Waals surface area contributed by atoms with Crippen LogP contribution in [0.5, 0.6) is 17.2 Å². The molecule has 0 N–H and O–H groups in total. The van der Waals surface area contributed by atoms with E-state index in [2.05, 4.69) is 0 Å². The van der Waals surface area contributed by atoms with Crippen LogP contribution in [0.2, 0.25) is 10.0 Å². The molecule has 0 saturated heterocycles. The molecule has 0 bridgehead atoms. The van der Waals surface area contributed by atoms with E-state index in [1.54, 1.807) is 36.4 Å². The van der Waals surface area contributed by atoms with Crippen LogP contribution in [-0.4, -0.2) is 0 Å². The number of hydrogen-bond acceptors (Lipinski definition) is 4. The van der Waals surface area contributed by atoms with Crippen LogP contribution in [0.4, 0.5) is 0 Å². The summed E-state index contributed by atoms with van der Waals surface area (Å²) in [5.74, 6) is 1.20. The molecule has 0 fully saturated rings. The van der Waals surface area contributed by atoms with Gasteiger partial charge < -0.3 is 13.9 Å². The summed E-state index contributed by atoms with van der Waals surface area (Å²) < 4.78 is 17.3. The second-order valence-corrected chi connectivity index (χ2v) is 8.00. The smallest absolute Gasteiger partial charge is 0.235 e. The van der Waals surface area contributed by atoms with Crippen molar-refractivity contribution in [2.75, 3.05) is 0 Å². The first-order chi connectivity index (χ1) is 15.6. The second kappa shape index (κ2) is 8.58. The molecule has 0 spiro atoms. The molecule has 0 amide bonds. The minimum atomic E-state index is -0.264. The fraction of sp³-hybridized carbons (Fsp3) is 0.0385. The summed E-state index contributed by atoms with van der Waals surface area (Å²) in [7, 11) is 0. The molecule has 4 aromatic carbocycles. The molecule has 0 aliphatic carbocycles. The minimum absolute atomic E-state index is 0.115. The van der Waals surface area contributed by atoms with Crippen LogP contribution in [0.25, 0.3) is 21.7 Å². The van der Waals surface area contributed by atoms with Gasteiger partial charge in [-0.15, -0.1) is 0 Å². The quantitative estimate of drug-likeness (QED) is 0.269. The lowest BCUT2D eigenvalue weighted by atomic mass is 10.1. The predicted octanol–water partition coefficient (Wildman–Crippen LogP) is 7.62. The van der Waals surface area contributed by atoms with E-state index in [1.807, 2.05) is 42.5 Å². The highest BCUT2D eigenvalue weighted by atomic mass is 35.5. The fourth-order valence-electron chi connectivity index (χ4n) is 3.43. The van der Waals surface area contributed by atoms with Gasteiger partial charge in [0.2, 0.25) is 11.2 Å². The maximum absolute atomic E-state index is 12.9. The monoisotopic (exact) mass is 462 g/mol. The van der Waals surface area contributed by atoms with Crippen molar-refractivity contribution in [2.24, 2.45) is 0 Å². The Morgan fingerprint density at radius 1 is 0.781 bits per heavy atom. The third-order valence-electron chi connectivity index (χ3n) is 5.11. The Balaban J connectivity index is 1.39. The lowest BCUT2D eigenvalue weighted by Gasteiger charge is -2.10. The zero-order valence-corrected chi connectivity index (χ0v) is 18.2. The fourth-order valence-corrected chi connectivity index (χ4v) is 3.94. The second-order valence-electron chi connectivity index (χ2n) is 7.19. The summed E-state index contributed by atoms with van der Waals surface area (Å²) in [5.41, 5.74) is 0.820. The molecule has 4 nitrogen and oxygen atoms in total. The topological polar surface area (TPSA) is 48.7 Å². The molecule has 1 aromatic heterocycles. The molecule has 0 atom stereocenters. The molecule has 5 rings (SSSR count). The van der Waals surface area contributed by atoms with Gasteiger partial charge in [0.05, 0.1) is 5.39 Å². The van der Waals surface area contributed by atoms with E-state index in [-0.39, 0.29) is 17.8 Å². The van der Waals surface area contributed by atoms with Crippen molar-refractivity contribution in [3.05, 3.63) is 111 Å². The van der Waals surface area contributed by atoms with Gasteiger partial charge in [0, 0.05) is 21.7 Å². The Morgan fingerprint density at radius 3 is 2.34 bits per heavy atom. The summed E-state index contributed by atoms with van der Waals surface area (Å²) in [4.78, 5) is 12.9. The van der Waals surface area contributed by atoms with E-state index in [4.69, 9.17) is 37.1 Å². The third-order valence-corrected chi connectivity index (χ3v) is 5.82. The summed E-state index contributed by atoms with van der Waals surface area (Å²) in [6.07, 6.45) is 1.31. The van der Waals surface area contributed by atoms with Crippen LogP contribution in [0.3, 0.4) is 0 Å². The highest BCUT2D eigenvalue weighted by Crippen LogP contribution is 2.29. The van der Waals surface area contributed by atoms with Crippen LogP contribution in [0, 0.1) is 0 Å². The first-order valence-corrected chi connectivity index (χ1v) is 10.6. The first-order valence-electron chi connectivity index (χ1n) is 9.86. The SMILES string of the molecule is O=c1c(Oc2ccc3ccccc3c2)coc2cc(OCc3c(Cl)cccc3Cl)ccc12. The van der Waals surface area contributed by atoms with Crippen molar-refractivity contribution in [2.45, 2.75) is 6.61 Å². The molecule has 0 unspecified atom stereocenters. The van der Waals surface area contributed by atoms with Crippen LogP contribution < -0.4 is 14.9 Å². The molecular weight excluding hydrogens is 447 g/mol. The van der Waals surface area contributed by atoms with Gasteiger partial charge >= 0.3 is 0 Å². The highest BCUT2D eigenvalue weighted by molar-refractivity contribution is 6.35. The number of ether oxygens (including phenoxy) is 2. The lowest BCUT2D eigenvalue weighted by Crippen LogP contribution is -2.05. The van der Waals surface area contributed by atoms with Gasteiger partial charge in [0.15, 0.2) is 0 Å². The van der Waals surface area contributed by atoms with E-state index in [1.165, 1.54) is 6.26 Å². The lowest BCUT2D eigenvalue weighted by molar-refractivity contribution is 0.306. The van der Waals surface area contributed by atoms with Crippen molar-refractivity contribution < 1.29 is 13.9 Å². The molecule has 1 heterocycles. The number of rotatable bonds is 5. The van der Waals surface area contributed by atoms with Crippen LogP contribution >= 0.6 is 23.2 Å². The van der Waals surface area contributed by atoms with Gasteiger partial charge in [-0.05, 0) is 47.2 Å². The summed E-state index contributed by atoms with van der Waals surface area (Å²) in [5, 5.41) is 3.57. The van der Waals surface area contributed by atoms with E-state index < -0.39 is 0 Å². The van der Waals surface area contributed by atoms with E-state index in [0.717, 1.165) is 10.8 Å². The number of halogens is 2. The van der Waals surface area contributed by atoms with E-state index in [0.29, 0.717) is 38.1 Å². The van der Waals surface area contributed by atoms with Crippen molar-refractivity contribution in [1.29, 1.82) is 0 Å². The van der Waals surface area contributed by atoms with Crippen molar-refractivity contribution in [1.82, 2.24) is 0 Å². The number of fused-ring (bicyclic) bond motifs is 2. The Labute approximate surface area is 193 Å². The number of hydrogen-bond donors (Lipinski definition) is 0.